The summed E-state index contributed by atoms with van der Waals surface area (Å²) in [6.45, 7) is 3.93. The lowest BCUT2D eigenvalue weighted by atomic mass is 10.1. The molecule has 4 nitrogen and oxygen atoms in total. The second kappa shape index (κ2) is 5.81. The second-order valence-electron chi connectivity index (χ2n) is 4.47. The van der Waals surface area contributed by atoms with Crippen molar-refractivity contribution in [3.63, 3.8) is 0 Å². The highest BCUT2D eigenvalue weighted by molar-refractivity contribution is 9.10. The third-order valence-electron chi connectivity index (χ3n) is 2.83. The quantitative estimate of drug-likeness (QED) is 0.858. The van der Waals surface area contributed by atoms with Gasteiger partial charge in [-0.05, 0) is 43.2 Å². The van der Waals surface area contributed by atoms with Crippen molar-refractivity contribution in [2.24, 2.45) is 0 Å². The maximum absolute atomic E-state index is 12.1. The van der Waals surface area contributed by atoms with Gasteiger partial charge in [0.2, 0.25) is 0 Å². The van der Waals surface area contributed by atoms with E-state index in [-0.39, 0.29) is 16.7 Å². The first-order valence-electron chi connectivity index (χ1n) is 5.87. The van der Waals surface area contributed by atoms with Gasteiger partial charge >= 0.3 is 0 Å². The highest BCUT2D eigenvalue weighted by atomic mass is 79.9. The van der Waals surface area contributed by atoms with Crippen molar-refractivity contribution in [2.75, 3.05) is 11.1 Å². The molecule has 1 aromatic heterocycles. The van der Waals surface area contributed by atoms with E-state index in [0.717, 1.165) is 21.3 Å². The molecule has 1 heterocycles. The molecule has 0 bridgehead atoms. The van der Waals surface area contributed by atoms with E-state index >= 15 is 0 Å². The standard InChI is InChI=1S/C14H13BrClN3O/c1-7-3-10(4-8(2)12(7)15)19-14(20)9-5-11(16)13(17)18-6-9/h3-6H,1-2H3,(H2,17,18)(H,19,20). The number of nitrogens with zero attached hydrogens (tertiary/aromatic N) is 1. The van der Waals surface area contributed by atoms with E-state index in [9.17, 15) is 4.79 Å². The van der Waals surface area contributed by atoms with Gasteiger partial charge in [-0.25, -0.2) is 4.98 Å². The molecule has 0 aliphatic carbocycles. The molecule has 0 saturated heterocycles. The third-order valence-corrected chi connectivity index (χ3v) is 4.38. The van der Waals surface area contributed by atoms with E-state index in [1.54, 1.807) is 0 Å². The van der Waals surface area contributed by atoms with Crippen LogP contribution in [0.5, 0.6) is 0 Å². The van der Waals surface area contributed by atoms with Gasteiger partial charge in [-0.3, -0.25) is 4.79 Å². The summed E-state index contributed by atoms with van der Waals surface area (Å²) in [5.41, 5.74) is 8.70. The molecule has 0 unspecified atom stereocenters. The topological polar surface area (TPSA) is 68.0 Å². The molecular weight excluding hydrogens is 342 g/mol. The van der Waals surface area contributed by atoms with Crippen LogP contribution in [0.3, 0.4) is 0 Å². The summed E-state index contributed by atoms with van der Waals surface area (Å²) in [7, 11) is 0. The molecule has 20 heavy (non-hydrogen) atoms. The zero-order valence-corrected chi connectivity index (χ0v) is 13.3. The van der Waals surface area contributed by atoms with Gasteiger partial charge in [-0.1, -0.05) is 27.5 Å². The number of rotatable bonds is 2. The summed E-state index contributed by atoms with van der Waals surface area (Å²) in [6, 6.07) is 5.28. The van der Waals surface area contributed by atoms with Crippen molar-refractivity contribution in [1.29, 1.82) is 0 Å². The first kappa shape index (κ1) is 14.8. The molecule has 0 spiro atoms. The van der Waals surface area contributed by atoms with E-state index in [0.29, 0.717) is 5.56 Å². The molecule has 0 fully saturated rings. The van der Waals surface area contributed by atoms with Gasteiger partial charge in [0.05, 0.1) is 10.6 Å². The second-order valence-corrected chi connectivity index (χ2v) is 5.67. The van der Waals surface area contributed by atoms with Crippen LogP contribution in [0.1, 0.15) is 21.5 Å². The Hall–Kier alpha value is -1.59. The van der Waals surface area contributed by atoms with Crippen LogP contribution < -0.4 is 11.1 Å². The predicted molar refractivity (Wildman–Crippen MR) is 85.2 cm³/mol. The van der Waals surface area contributed by atoms with E-state index in [4.69, 9.17) is 17.3 Å². The number of anilines is 2. The minimum atomic E-state index is -0.277. The number of hydrogen-bond donors (Lipinski definition) is 2. The molecule has 0 aliphatic heterocycles. The largest absolute Gasteiger partial charge is 0.382 e. The van der Waals surface area contributed by atoms with E-state index in [1.807, 2.05) is 26.0 Å². The molecule has 0 atom stereocenters. The number of carbonyl (C=O) groups excluding carboxylic acids is 1. The van der Waals surface area contributed by atoms with Crippen LogP contribution in [0.2, 0.25) is 5.02 Å². The summed E-state index contributed by atoms with van der Waals surface area (Å²) in [5.74, 6) is -0.0703. The van der Waals surface area contributed by atoms with Gasteiger partial charge in [-0.15, -0.1) is 0 Å². The first-order chi connectivity index (χ1) is 9.38. The molecule has 0 radical (unpaired) electrons. The molecule has 0 aliphatic rings. The molecule has 3 N–H and O–H groups in total. The Balaban J connectivity index is 2.25. The lowest BCUT2D eigenvalue weighted by Gasteiger charge is -2.10. The number of nitrogens with two attached hydrogens (primary N) is 1. The Morgan fingerprint density at radius 2 is 1.90 bits per heavy atom. The number of benzene rings is 1. The van der Waals surface area contributed by atoms with Crippen LogP contribution in [0.25, 0.3) is 0 Å². The fourth-order valence-corrected chi connectivity index (χ4v) is 2.19. The van der Waals surface area contributed by atoms with Gasteiger partial charge in [0.1, 0.15) is 5.82 Å². The van der Waals surface area contributed by atoms with Gasteiger partial charge in [0.15, 0.2) is 0 Å². The van der Waals surface area contributed by atoms with Crippen molar-refractivity contribution in [3.8, 4) is 0 Å². The summed E-state index contributed by atoms with van der Waals surface area (Å²) >= 11 is 9.35. The van der Waals surface area contributed by atoms with Crippen LogP contribution in [-0.4, -0.2) is 10.9 Å². The third kappa shape index (κ3) is 3.11. The number of halogens is 2. The minimum Gasteiger partial charge on any atom is -0.382 e. The van der Waals surface area contributed by atoms with Gasteiger partial charge in [0, 0.05) is 16.4 Å². The fourth-order valence-electron chi connectivity index (χ4n) is 1.79. The summed E-state index contributed by atoms with van der Waals surface area (Å²) < 4.78 is 1.03. The number of pyridine rings is 1. The van der Waals surface area contributed by atoms with Crippen LogP contribution in [0.4, 0.5) is 11.5 Å². The van der Waals surface area contributed by atoms with Crippen molar-refractivity contribution in [1.82, 2.24) is 4.98 Å². The monoisotopic (exact) mass is 353 g/mol. The maximum Gasteiger partial charge on any atom is 0.257 e. The number of carbonyl (C=O) groups is 1. The number of amides is 1. The van der Waals surface area contributed by atoms with E-state index in [1.165, 1.54) is 12.3 Å². The Labute approximate surface area is 130 Å². The first-order valence-corrected chi connectivity index (χ1v) is 7.04. The predicted octanol–water partition coefficient (Wildman–Crippen LogP) is 3.95. The molecule has 6 heteroatoms. The summed E-state index contributed by atoms with van der Waals surface area (Å²) in [6.07, 6.45) is 1.40. The zero-order chi connectivity index (χ0) is 14.9. The number of nitrogens with one attached hydrogen (secondary N) is 1. The molecule has 0 saturated carbocycles. The highest BCUT2D eigenvalue weighted by Gasteiger charge is 2.10. The molecule has 104 valence electrons. The molecule has 2 rings (SSSR count). The molecule has 2 aromatic rings. The Kier molecular flexibility index (Phi) is 4.30. The van der Waals surface area contributed by atoms with Crippen LogP contribution in [-0.2, 0) is 0 Å². The number of nitrogen functional groups attached to an aromatic ring is 1. The minimum absolute atomic E-state index is 0.207. The van der Waals surface area contributed by atoms with Crippen LogP contribution in [0, 0.1) is 13.8 Å². The average molecular weight is 355 g/mol. The maximum atomic E-state index is 12.1. The van der Waals surface area contributed by atoms with Gasteiger partial charge < -0.3 is 11.1 Å². The molecule has 1 amide bonds. The SMILES string of the molecule is Cc1cc(NC(=O)c2cnc(N)c(Cl)c2)cc(C)c1Br. The van der Waals surface area contributed by atoms with Gasteiger partial charge in [0.25, 0.3) is 5.91 Å². The number of aromatic nitrogens is 1. The zero-order valence-electron chi connectivity index (χ0n) is 11.0. The number of hydrogen-bond acceptors (Lipinski definition) is 3. The lowest BCUT2D eigenvalue weighted by molar-refractivity contribution is 0.102. The Morgan fingerprint density at radius 3 is 2.45 bits per heavy atom. The average Bonchev–Trinajstić information content (AvgIpc) is 2.39. The van der Waals surface area contributed by atoms with Crippen LogP contribution >= 0.6 is 27.5 Å². The van der Waals surface area contributed by atoms with E-state index < -0.39 is 0 Å². The molecule has 1 aromatic carbocycles. The highest BCUT2D eigenvalue weighted by Crippen LogP contribution is 2.25. The van der Waals surface area contributed by atoms with Crippen molar-refractivity contribution < 1.29 is 4.79 Å². The summed E-state index contributed by atoms with van der Waals surface area (Å²) in [4.78, 5) is 16.0. The Bertz CT molecular complexity index is 665. The number of aryl methyl sites for hydroxylation is 2. The van der Waals surface area contributed by atoms with Crippen LogP contribution in [0.15, 0.2) is 28.9 Å². The van der Waals surface area contributed by atoms with Crippen molar-refractivity contribution in [3.05, 3.63) is 50.6 Å². The lowest BCUT2D eigenvalue weighted by Crippen LogP contribution is -2.13. The molecular formula is C14H13BrClN3O. The van der Waals surface area contributed by atoms with Crippen molar-refractivity contribution >= 4 is 44.9 Å². The smallest absolute Gasteiger partial charge is 0.257 e. The fraction of sp³-hybridized carbons (Fsp3) is 0.143. The van der Waals surface area contributed by atoms with Gasteiger partial charge in [-0.2, -0.15) is 0 Å². The van der Waals surface area contributed by atoms with Crippen molar-refractivity contribution in [2.45, 2.75) is 13.8 Å². The Morgan fingerprint density at radius 1 is 1.30 bits per heavy atom. The normalized spacial score (nSPS) is 10.4. The van der Waals surface area contributed by atoms with E-state index in [2.05, 4.69) is 26.2 Å². The summed E-state index contributed by atoms with van der Waals surface area (Å²) in [5, 5.41) is 3.08.